The summed E-state index contributed by atoms with van der Waals surface area (Å²) in [4.78, 5) is 12.9. The molecule has 0 radical (unpaired) electrons. The Labute approximate surface area is 125 Å². The molecule has 0 saturated heterocycles. The molecule has 1 aromatic carbocycles. The number of carbonyl (C=O) groups excluding carboxylic acids is 1. The highest BCUT2D eigenvalue weighted by Crippen LogP contribution is 2.39. The van der Waals surface area contributed by atoms with Crippen LogP contribution < -0.4 is 5.32 Å². The number of amides is 1. The Morgan fingerprint density at radius 2 is 2.16 bits per heavy atom. The first-order valence-electron chi connectivity index (χ1n) is 6.14. The van der Waals surface area contributed by atoms with Crippen molar-refractivity contribution < 1.29 is 4.79 Å². The zero-order chi connectivity index (χ0) is 13.9. The van der Waals surface area contributed by atoms with Crippen LogP contribution in [0.1, 0.15) is 19.8 Å². The van der Waals surface area contributed by atoms with Gasteiger partial charge < -0.3 is 5.32 Å². The molecule has 0 unspecified atom stereocenters. The van der Waals surface area contributed by atoms with Gasteiger partial charge in [0.15, 0.2) is 0 Å². The number of nitriles is 1. The van der Waals surface area contributed by atoms with Crippen LogP contribution >= 0.6 is 27.7 Å². The Balaban J connectivity index is 1.84. The van der Waals surface area contributed by atoms with Gasteiger partial charge in [-0.3, -0.25) is 4.79 Å². The maximum Gasteiger partial charge on any atom is 0.231 e. The number of nitrogens with one attached hydrogen (secondary N) is 1. The molecule has 0 bridgehead atoms. The molecule has 5 heteroatoms. The van der Waals surface area contributed by atoms with Crippen LogP contribution in [0, 0.1) is 17.2 Å². The largest absolute Gasteiger partial charge is 0.337 e. The van der Waals surface area contributed by atoms with Crippen molar-refractivity contribution in [2.24, 2.45) is 5.92 Å². The van der Waals surface area contributed by atoms with Crippen LogP contribution in [0.15, 0.2) is 33.6 Å². The number of hydrogen-bond donors (Lipinski definition) is 1. The first-order chi connectivity index (χ1) is 9.03. The van der Waals surface area contributed by atoms with Crippen LogP contribution in [0.3, 0.4) is 0 Å². The molecule has 0 aromatic heterocycles. The van der Waals surface area contributed by atoms with Crippen molar-refractivity contribution in [3.8, 4) is 6.07 Å². The van der Waals surface area contributed by atoms with Gasteiger partial charge in [-0.2, -0.15) is 5.26 Å². The van der Waals surface area contributed by atoms with Gasteiger partial charge in [0, 0.05) is 9.37 Å². The molecule has 0 spiro atoms. The summed E-state index contributed by atoms with van der Waals surface area (Å²) >= 11 is 4.85. The van der Waals surface area contributed by atoms with Gasteiger partial charge in [0.1, 0.15) is 5.54 Å². The molecular weight excluding hydrogens is 324 g/mol. The summed E-state index contributed by atoms with van der Waals surface area (Å²) in [6, 6.07) is 10.1. The number of halogens is 1. The Morgan fingerprint density at radius 1 is 1.53 bits per heavy atom. The lowest BCUT2D eigenvalue weighted by Crippen LogP contribution is -2.47. The molecule has 100 valence electrons. The van der Waals surface area contributed by atoms with Crippen LogP contribution in [0.2, 0.25) is 0 Å². The normalized spacial score (nSPS) is 17.3. The first-order valence-corrected chi connectivity index (χ1v) is 7.92. The third-order valence-corrected chi connectivity index (χ3v) is 4.75. The average Bonchev–Trinajstić information content (AvgIpc) is 3.22. The van der Waals surface area contributed by atoms with E-state index in [0.29, 0.717) is 11.7 Å². The van der Waals surface area contributed by atoms with E-state index in [9.17, 15) is 10.1 Å². The standard InChI is InChI=1S/C14H15BrN2OS/c1-14(9-16,10-2-3-10)17-13(18)8-19-12-6-4-11(15)5-7-12/h4-7,10H,2-3,8H2,1H3,(H,17,18)/t14-/m1/s1. The zero-order valence-corrected chi connectivity index (χ0v) is 13.1. The highest BCUT2D eigenvalue weighted by atomic mass is 79.9. The van der Waals surface area contributed by atoms with Crippen molar-refractivity contribution in [3.63, 3.8) is 0 Å². The first kappa shape index (κ1) is 14.4. The summed E-state index contributed by atoms with van der Waals surface area (Å²) in [5, 5.41) is 12.0. The quantitative estimate of drug-likeness (QED) is 0.837. The molecule has 1 fully saturated rings. The predicted octanol–water partition coefficient (Wildman–Crippen LogP) is 3.35. The maximum absolute atomic E-state index is 11.9. The molecule has 0 aliphatic heterocycles. The van der Waals surface area contributed by atoms with E-state index >= 15 is 0 Å². The minimum atomic E-state index is -0.697. The topological polar surface area (TPSA) is 52.9 Å². The highest BCUT2D eigenvalue weighted by Gasteiger charge is 2.42. The number of nitrogens with zero attached hydrogens (tertiary/aromatic N) is 1. The average molecular weight is 339 g/mol. The lowest BCUT2D eigenvalue weighted by atomic mass is 9.98. The van der Waals surface area contributed by atoms with Crippen LogP contribution in [0.4, 0.5) is 0 Å². The Kier molecular flexibility index (Phi) is 4.54. The summed E-state index contributed by atoms with van der Waals surface area (Å²) in [6.45, 7) is 1.81. The maximum atomic E-state index is 11.9. The van der Waals surface area contributed by atoms with Crippen LogP contribution in [-0.4, -0.2) is 17.2 Å². The van der Waals surface area contributed by atoms with Gasteiger partial charge in [-0.15, -0.1) is 11.8 Å². The second-order valence-electron chi connectivity index (χ2n) is 4.88. The van der Waals surface area contributed by atoms with E-state index in [1.165, 1.54) is 11.8 Å². The molecule has 3 nitrogen and oxygen atoms in total. The SMILES string of the molecule is C[C@](C#N)(NC(=O)CSc1ccc(Br)cc1)C1CC1. The zero-order valence-electron chi connectivity index (χ0n) is 10.6. The van der Waals surface area contributed by atoms with Gasteiger partial charge in [-0.1, -0.05) is 15.9 Å². The molecule has 1 saturated carbocycles. The van der Waals surface area contributed by atoms with Gasteiger partial charge in [0.05, 0.1) is 11.8 Å². The number of thioether (sulfide) groups is 1. The molecule has 0 heterocycles. The second-order valence-corrected chi connectivity index (χ2v) is 6.84. The molecule has 1 atom stereocenters. The van der Waals surface area contributed by atoms with Gasteiger partial charge in [-0.25, -0.2) is 0 Å². The molecule has 1 aliphatic carbocycles. The number of carbonyl (C=O) groups is 1. The Hall–Kier alpha value is -0.990. The fourth-order valence-electron chi connectivity index (χ4n) is 1.89. The van der Waals surface area contributed by atoms with E-state index in [4.69, 9.17) is 0 Å². The second kappa shape index (κ2) is 5.98. The van der Waals surface area contributed by atoms with E-state index in [1.807, 2.05) is 31.2 Å². The number of hydrogen-bond acceptors (Lipinski definition) is 3. The van der Waals surface area contributed by atoms with Crippen molar-refractivity contribution in [1.82, 2.24) is 5.32 Å². The number of benzene rings is 1. The van der Waals surface area contributed by atoms with Crippen LogP contribution in [0.25, 0.3) is 0 Å². The van der Waals surface area contributed by atoms with Crippen molar-refractivity contribution in [1.29, 1.82) is 5.26 Å². The van der Waals surface area contributed by atoms with Gasteiger partial charge >= 0.3 is 0 Å². The molecular formula is C14H15BrN2OS. The molecule has 2 rings (SSSR count). The van der Waals surface area contributed by atoms with Crippen molar-refractivity contribution in [3.05, 3.63) is 28.7 Å². The third kappa shape index (κ3) is 3.99. The summed E-state index contributed by atoms with van der Waals surface area (Å²) in [6.07, 6.45) is 2.06. The molecule has 1 aliphatic rings. The van der Waals surface area contributed by atoms with Crippen molar-refractivity contribution >= 4 is 33.6 Å². The molecule has 1 aromatic rings. The Bertz CT molecular complexity index is 507. The van der Waals surface area contributed by atoms with Crippen molar-refractivity contribution in [2.45, 2.75) is 30.2 Å². The van der Waals surface area contributed by atoms with E-state index in [0.717, 1.165) is 22.2 Å². The lowest BCUT2D eigenvalue weighted by molar-refractivity contribution is -0.119. The smallest absolute Gasteiger partial charge is 0.231 e. The minimum absolute atomic E-state index is 0.0798. The monoisotopic (exact) mass is 338 g/mol. The van der Waals surface area contributed by atoms with Gasteiger partial charge in [0.2, 0.25) is 5.91 Å². The lowest BCUT2D eigenvalue weighted by Gasteiger charge is -2.22. The van der Waals surface area contributed by atoms with E-state index in [2.05, 4.69) is 27.3 Å². The summed E-state index contributed by atoms with van der Waals surface area (Å²) in [5.74, 6) is 0.578. The van der Waals surface area contributed by atoms with E-state index in [1.54, 1.807) is 0 Å². The summed E-state index contributed by atoms with van der Waals surface area (Å²) in [7, 11) is 0. The van der Waals surface area contributed by atoms with Crippen molar-refractivity contribution in [2.75, 3.05) is 5.75 Å². The highest BCUT2D eigenvalue weighted by molar-refractivity contribution is 9.10. The minimum Gasteiger partial charge on any atom is -0.337 e. The van der Waals surface area contributed by atoms with Gasteiger partial charge in [-0.05, 0) is 49.9 Å². The molecule has 1 amide bonds. The Morgan fingerprint density at radius 3 is 2.68 bits per heavy atom. The van der Waals surface area contributed by atoms with E-state index < -0.39 is 5.54 Å². The summed E-state index contributed by atoms with van der Waals surface area (Å²) < 4.78 is 1.02. The molecule has 19 heavy (non-hydrogen) atoms. The predicted molar refractivity (Wildman–Crippen MR) is 79.8 cm³/mol. The fraction of sp³-hybridized carbons (Fsp3) is 0.429. The van der Waals surface area contributed by atoms with E-state index in [-0.39, 0.29) is 5.91 Å². The third-order valence-electron chi connectivity index (χ3n) is 3.21. The van der Waals surface area contributed by atoms with Crippen LogP contribution in [0.5, 0.6) is 0 Å². The van der Waals surface area contributed by atoms with Crippen LogP contribution in [-0.2, 0) is 4.79 Å². The summed E-state index contributed by atoms with van der Waals surface area (Å²) in [5.41, 5.74) is -0.697. The number of rotatable bonds is 5. The fourth-order valence-corrected chi connectivity index (χ4v) is 2.85. The molecule has 1 N–H and O–H groups in total. The van der Waals surface area contributed by atoms with Gasteiger partial charge in [0.25, 0.3) is 0 Å².